The van der Waals surface area contributed by atoms with Crippen LogP contribution in [0, 0.1) is 0 Å². The first-order chi connectivity index (χ1) is 14.4. The molecule has 1 amide bonds. The van der Waals surface area contributed by atoms with E-state index in [0.717, 1.165) is 12.0 Å². The van der Waals surface area contributed by atoms with Crippen LogP contribution < -0.4 is 14.4 Å². The largest absolute Gasteiger partial charge is 0.453 e. The van der Waals surface area contributed by atoms with Gasteiger partial charge in [0.25, 0.3) is 15.9 Å². The highest BCUT2D eigenvalue weighted by Crippen LogP contribution is 2.38. The second-order valence-electron chi connectivity index (χ2n) is 6.79. The number of hydrogen-bond donors (Lipinski definition) is 1. The highest BCUT2D eigenvalue weighted by molar-refractivity contribution is 7.92. The Hall–Kier alpha value is -3.39. The first kappa shape index (κ1) is 19.9. The van der Waals surface area contributed by atoms with Crippen LogP contribution in [0.2, 0.25) is 0 Å². The highest BCUT2D eigenvalue weighted by Gasteiger charge is 2.29. The van der Waals surface area contributed by atoms with Crippen LogP contribution in [0.25, 0.3) is 0 Å². The fourth-order valence-corrected chi connectivity index (χ4v) is 4.36. The molecule has 0 saturated carbocycles. The van der Waals surface area contributed by atoms with Gasteiger partial charge in [-0.25, -0.2) is 13.4 Å². The highest BCUT2D eigenvalue weighted by atomic mass is 32.2. The van der Waals surface area contributed by atoms with Gasteiger partial charge in [-0.1, -0.05) is 19.1 Å². The van der Waals surface area contributed by atoms with E-state index >= 15 is 0 Å². The molecule has 0 fully saturated rings. The summed E-state index contributed by atoms with van der Waals surface area (Å²) in [6, 6.07) is 14.9. The van der Waals surface area contributed by atoms with E-state index in [1.165, 1.54) is 23.1 Å². The molecule has 0 radical (unpaired) electrons. The molecule has 1 aliphatic heterocycles. The lowest BCUT2D eigenvalue weighted by Gasteiger charge is -2.18. The molecule has 30 heavy (non-hydrogen) atoms. The van der Waals surface area contributed by atoms with E-state index in [0.29, 0.717) is 23.8 Å². The van der Waals surface area contributed by atoms with E-state index < -0.39 is 10.0 Å². The van der Waals surface area contributed by atoms with E-state index in [2.05, 4.69) is 9.71 Å². The van der Waals surface area contributed by atoms with Crippen molar-refractivity contribution in [1.29, 1.82) is 0 Å². The zero-order valence-corrected chi connectivity index (χ0v) is 17.4. The van der Waals surface area contributed by atoms with Gasteiger partial charge in [0.05, 0.1) is 10.5 Å². The van der Waals surface area contributed by atoms with Crippen LogP contribution in [0.5, 0.6) is 11.5 Å². The van der Waals surface area contributed by atoms with Gasteiger partial charge < -0.3 is 4.74 Å². The Morgan fingerprint density at radius 1 is 1.03 bits per heavy atom. The van der Waals surface area contributed by atoms with Gasteiger partial charge in [-0.05, 0) is 61.4 Å². The third-order valence-corrected chi connectivity index (χ3v) is 6.27. The van der Waals surface area contributed by atoms with Crippen LogP contribution in [0.1, 0.15) is 29.8 Å². The molecule has 0 unspecified atom stereocenters. The Balaban J connectivity index is 1.71. The summed E-state index contributed by atoms with van der Waals surface area (Å²) in [5, 5.41) is 0. The van der Waals surface area contributed by atoms with Crippen LogP contribution >= 0.6 is 0 Å². The molecule has 7 nitrogen and oxygen atoms in total. The maximum Gasteiger partial charge on any atom is 0.263 e. The van der Waals surface area contributed by atoms with Crippen LogP contribution in [0.4, 0.5) is 11.5 Å². The number of rotatable bonds is 5. The fraction of sp³-hybridized carbons (Fsp3) is 0.182. The number of nitrogens with one attached hydrogen (secondary N) is 1. The Morgan fingerprint density at radius 2 is 1.80 bits per heavy atom. The summed E-state index contributed by atoms with van der Waals surface area (Å²) in [4.78, 5) is 18.8. The molecule has 1 aliphatic rings. The van der Waals surface area contributed by atoms with Gasteiger partial charge in [-0.15, -0.1) is 0 Å². The standard InChI is InChI=1S/C22H21N3O4S/c1-3-15-7-9-16(10-8-15)24-30(27,28)17-11-12-19-18(14-17)22(26)25(4-2)21-20(29-19)6-5-13-23-21/h5-14,24H,3-4H2,1-2H3. The molecule has 0 atom stereocenters. The summed E-state index contributed by atoms with van der Waals surface area (Å²) in [7, 11) is -3.89. The summed E-state index contributed by atoms with van der Waals surface area (Å²) >= 11 is 0. The molecule has 0 saturated heterocycles. The number of aromatic nitrogens is 1. The molecule has 0 bridgehead atoms. The van der Waals surface area contributed by atoms with Gasteiger partial charge in [0, 0.05) is 18.4 Å². The summed E-state index contributed by atoms with van der Waals surface area (Å²) in [5.74, 6) is 0.765. The third kappa shape index (κ3) is 3.61. The van der Waals surface area contributed by atoms with Gasteiger partial charge in [0.15, 0.2) is 11.6 Å². The Kier molecular flexibility index (Phi) is 5.17. The number of hydrogen-bond acceptors (Lipinski definition) is 5. The first-order valence-corrected chi connectivity index (χ1v) is 11.1. The third-order valence-electron chi connectivity index (χ3n) is 4.89. The average Bonchev–Trinajstić information content (AvgIpc) is 2.87. The van der Waals surface area contributed by atoms with Crippen molar-refractivity contribution >= 4 is 27.4 Å². The van der Waals surface area contributed by atoms with E-state index in [9.17, 15) is 13.2 Å². The molecular weight excluding hydrogens is 402 g/mol. The number of fused-ring (bicyclic) bond motifs is 2. The van der Waals surface area contributed by atoms with Crippen LogP contribution in [-0.2, 0) is 16.4 Å². The summed E-state index contributed by atoms with van der Waals surface area (Å²) in [6.45, 7) is 4.22. The molecule has 0 aliphatic carbocycles. The molecular formula is C22H21N3O4S. The van der Waals surface area contributed by atoms with E-state index in [1.54, 1.807) is 30.5 Å². The van der Waals surface area contributed by atoms with Crippen molar-refractivity contribution in [3.8, 4) is 11.5 Å². The smallest absolute Gasteiger partial charge is 0.263 e. The molecule has 2 aromatic carbocycles. The zero-order chi connectivity index (χ0) is 21.3. The maximum atomic E-state index is 13.1. The van der Waals surface area contributed by atoms with Crippen molar-refractivity contribution in [2.75, 3.05) is 16.2 Å². The van der Waals surface area contributed by atoms with Crippen molar-refractivity contribution in [3.05, 3.63) is 71.9 Å². The Morgan fingerprint density at radius 3 is 2.50 bits per heavy atom. The predicted octanol–water partition coefficient (Wildman–Crippen LogP) is 4.22. The van der Waals surface area contributed by atoms with Gasteiger partial charge >= 0.3 is 0 Å². The SMILES string of the molecule is CCc1ccc(NS(=O)(=O)c2ccc3c(c2)C(=O)N(CC)c2ncccc2O3)cc1. The Bertz CT molecular complexity index is 1210. The number of pyridine rings is 1. The minimum atomic E-state index is -3.89. The van der Waals surface area contributed by atoms with Crippen molar-refractivity contribution < 1.29 is 17.9 Å². The number of sulfonamides is 1. The number of carbonyl (C=O) groups is 1. The zero-order valence-electron chi connectivity index (χ0n) is 16.6. The fourth-order valence-electron chi connectivity index (χ4n) is 3.27. The van der Waals surface area contributed by atoms with Crippen LogP contribution in [0.3, 0.4) is 0 Å². The van der Waals surface area contributed by atoms with Crippen LogP contribution in [0.15, 0.2) is 65.7 Å². The topological polar surface area (TPSA) is 88.6 Å². The van der Waals surface area contributed by atoms with E-state index in [-0.39, 0.29) is 22.1 Å². The minimum absolute atomic E-state index is 0.0206. The predicted molar refractivity (Wildman–Crippen MR) is 115 cm³/mol. The molecule has 1 aromatic heterocycles. The summed E-state index contributed by atoms with van der Waals surface area (Å²) < 4.78 is 34.3. The minimum Gasteiger partial charge on any atom is -0.453 e. The lowest BCUT2D eigenvalue weighted by Crippen LogP contribution is -2.30. The van der Waals surface area contributed by atoms with Crippen molar-refractivity contribution in [1.82, 2.24) is 4.98 Å². The number of ether oxygens (including phenoxy) is 1. The van der Waals surface area contributed by atoms with Gasteiger partial charge in [0.2, 0.25) is 0 Å². The number of anilines is 2. The van der Waals surface area contributed by atoms with E-state index in [4.69, 9.17) is 4.74 Å². The van der Waals surface area contributed by atoms with Gasteiger partial charge in [0.1, 0.15) is 5.75 Å². The van der Waals surface area contributed by atoms with Gasteiger partial charge in [-0.2, -0.15) is 0 Å². The van der Waals surface area contributed by atoms with Crippen molar-refractivity contribution in [3.63, 3.8) is 0 Å². The normalized spacial score (nSPS) is 13.1. The number of amides is 1. The van der Waals surface area contributed by atoms with Crippen molar-refractivity contribution in [2.45, 2.75) is 25.2 Å². The molecule has 3 aromatic rings. The van der Waals surface area contributed by atoms with Gasteiger partial charge in [-0.3, -0.25) is 14.4 Å². The summed E-state index contributed by atoms with van der Waals surface area (Å²) in [6.07, 6.45) is 2.45. The molecule has 2 heterocycles. The molecule has 1 N–H and O–H groups in total. The molecule has 4 rings (SSSR count). The lowest BCUT2D eigenvalue weighted by atomic mass is 10.2. The maximum absolute atomic E-state index is 13.1. The summed E-state index contributed by atoms with van der Waals surface area (Å²) in [5.41, 5.74) is 1.73. The second kappa shape index (κ2) is 7.79. The molecule has 0 spiro atoms. The molecule has 154 valence electrons. The number of aryl methyl sites for hydroxylation is 1. The number of nitrogens with zero attached hydrogens (tertiary/aromatic N) is 2. The number of benzene rings is 2. The molecule has 8 heteroatoms. The van der Waals surface area contributed by atoms with Crippen molar-refractivity contribution in [2.24, 2.45) is 0 Å². The van der Waals surface area contributed by atoms with Crippen LogP contribution in [-0.4, -0.2) is 25.9 Å². The number of carbonyl (C=O) groups excluding carboxylic acids is 1. The second-order valence-corrected chi connectivity index (χ2v) is 8.47. The Labute approximate surface area is 175 Å². The first-order valence-electron chi connectivity index (χ1n) is 9.63. The average molecular weight is 423 g/mol. The van der Waals surface area contributed by atoms with E-state index in [1.807, 2.05) is 26.0 Å². The lowest BCUT2D eigenvalue weighted by molar-refractivity contribution is 0.0987. The monoisotopic (exact) mass is 423 g/mol. The quantitative estimate of drug-likeness (QED) is 0.664.